The predicted octanol–water partition coefficient (Wildman–Crippen LogP) is 2.41. The Labute approximate surface area is 159 Å². The summed E-state index contributed by atoms with van der Waals surface area (Å²) in [5.41, 5.74) is 2.33. The summed E-state index contributed by atoms with van der Waals surface area (Å²) < 4.78 is 0. The Bertz CT molecular complexity index is 730. The van der Waals surface area contributed by atoms with Crippen LogP contribution in [0.5, 0.6) is 0 Å². The monoisotopic (exact) mass is 372 g/mol. The first-order chi connectivity index (χ1) is 12.9. The number of imide groups is 1. The molecule has 1 aromatic rings. The summed E-state index contributed by atoms with van der Waals surface area (Å²) in [6.45, 7) is 4.80. The molecule has 27 heavy (non-hydrogen) atoms. The van der Waals surface area contributed by atoms with E-state index in [1.165, 1.54) is 6.42 Å². The summed E-state index contributed by atoms with van der Waals surface area (Å²) in [5.74, 6) is -0.332. The van der Waals surface area contributed by atoms with Crippen LogP contribution in [0.3, 0.4) is 0 Å². The zero-order valence-corrected chi connectivity index (χ0v) is 16.0. The van der Waals surface area contributed by atoms with E-state index in [1.54, 1.807) is 6.07 Å². The van der Waals surface area contributed by atoms with E-state index in [2.05, 4.69) is 22.9 Å². The molecule has 1 aromatic carbocycles. The number of likely N-dealkylation sites (tertiary alicyclic amines) is 1. The molecule has 4 amide bonds. The third kappa shape index (κ3) is 5.21. The Morgan fingerprint density at radius 3 is 2.59 bits per heavy atom. The van der Waals surface area contributed by atoms with Gasteiger partial charge in [0, 0.05) is 29.9 Å². The fourth-order valence-electron chi connectivity index (χ4n) is 3.36. The number of carbonyl (C=O) groups excluding carboxylic acids is 3. The molecular formula is C20H28N4O3. The van der Waals surface area contributed by atoms with Crippen molar-refractivity contribution in [2.24, 2.45) is 0 Å². The highest BCUT2D eigenvalue weighted by molar-refractivity contribution is 5.97. The minimum atomic E-state index is -0.447. The van der Waals surface area contributed by atoms with Gasteiger partial charge in [0.25, 0.3) is 5.91 Å². The highest BCUT2D eigenvalue weighted by atomic mass is 16.2. The van der Waals surface area contributed by atoms with Gasteiger partial charge in [-0.25, -0.2) is 4.79 Å². The Morgan fingerprint density at radius 1 is 1.15 bits per heavy atom. The Hall–Kier alpha value is -2.57. The molecule has 0 radical (unpaired) electrons. The topological polar surface area (TPSA) is 90.5 Å². The van der Waals surface area contributed by atoms with E-state index in [0.29, 0.717) is 5.56 Å². The van der Waals surface area contributed by atoms with E-state index >= 15 is 0 Å². The average Bonchev–Trinajstić information content (AvgIpc) is 3.44. The Morgan fingerprint density at radius 2 is 1.93 bits per heavy atom. The number of benzene rings is 1. The molecule has 1 saturated heterocycles. The first kappa shape index (κ1) is 19.2. The van der Waals surface area contributed by atoms with Crippen LogP contribution in [0.15, 0.2) is 18.2 Å². The number of nitrogens with one attached hydrogen (secondary N) is 3. The van der Waals surface area contributed by atoms with Gasteiger partial charge in [-0.2, -0.15) is 0 Å². The number of urea groups is 1. The van der Waals surface area contributed by atoms with E-state index in [4.69, 9.17) is 0 Å². The van der Waals surface area contributed by atoms with Crippen LogP contribution in [0.4, 0.5) is 10.5 Å². The number of anilines is 1. The van der Waals surface area contributed by atoms with Crippen molar-refractivity contribution in [2.75, 3.05) is 18.4 Å². The normalized spacial score (nSPS) is 19.3. The molecular weight excluding hydrogens is 344 g/mol. The molecule has 2 aliphatic rings. The lowest BCUT2D eigenvalue weighted by Crippen LogP contribution is -2.42. The number of hydrogen-bond donors (Lipinski definition) is 3. The maximum absolute atomic E-state index is 12.8. The first-order valence-electron chi connectivity index (χ1n) is 9.70. The predicted molar refractivity (Wildman–Crippen MR) is 104 cm³/mol. The largest absolute Gasteiger partial charge is 0.376 e. The van der Waals surface area contributed by atoms with Crippen molar-refractivity contribution in [3.8, 4) is 0 Å². The molecule has 1 unspecified atom stereocenters. The number of piperidine rings is 1. The van der Waals surface area contributed by atoms with Gasteiger partial charge >= 0.3 is 6.03 Å². The van der Waals surface area contributed by atoms with Crippen LogP contribution in [0.1, 0.15) is 54.9 Å². The third-order valence-corrected chi connectivity index (χ3v) is 5.14. The minimum Gasteiger partial charge on any atom is -0.376 e. The lowest BCUT2D eigenvalue weighted by atomic mass is 10.0. The van der Waals surface area contributed by atoms with E-state index in [-0.39, 0.29) is 24.5 Å². The summed E-state index contributed by atoms with van der Waals surface area (Å²) >= 11 is 0. The molecule has 0 spiro atoms. The average molecular weight is 372 g/mol. The molecule has 3 rings (SSSR count). The molecule has 1 atom stereocenters. The summed E-state index contributed by atoms with van der Waals surface area (Å²) in [4.78, 5) is 38.1. The van der Waals surface area contributed by atoms with Gasteiger partial charge in [0.1, 0.15) is 0 Å². The van der Waals surface area contributed by atoms with Crippen molar-refractivity contribution in [1.29, 1.82) is 0 Å². The van der Waals surface area contributed by atoms with Crippen LogP contribution in [0, 0.1) is 6.92 Å². The lowest BCUT2D eigenvalue weighted by Gasteiger charge is -2.33. The molecule has 7 heteroatoms. The number of aryl methyl sites for hydroxylation is 1. The van der Waals surface area contributed by atoms with Crippen LogP contribution in [-0.2, 0) is 4.79 Å². The molecule has 3 N–H and O–H groups in total. The van der Waals surface area contributed by atoms with E-state index in [1.807, 2.05) is 24.0 Å². The SMILES string of the molecule is Cc1cc(C(=O)N2CCCCC2C)ccc1NCC(=O)NC(=O)NC1CC1. The minimum absolute atomic E-state index is 0.00458. The molecule has 1 aliphatic carbocycles. The summed E-state index contributed by atoms with van der Waals surface area (Å²) in [7, 11) is 0. The van der Waals surface area contributed by atoms with Crippen molar-refractivity contribution in [3.05, 3.63) is 29.3 Å². The van der Waals surface area contributed by atoms with Crippen LogP contribution in [0.25, 0.3) is 0 Å². The highest BCUT2D eigenvalue weighted by Gasteiger charge is 2.25. The molecule has 1 aliphatic heterocycles. The number of carbonyl (C=O) groups is 3. The smallest absolute Gasteiger partial charge is 0.321 e. The zero-order chi connectivity index (χ0) is 19.4. The quantitative estimate of drug-likeness (QED) is 0.740. The first-order valence-corrected chi connectivity index (χ1v) is 9.70. The second-order valence-electron chi connectivity index (χ2n) is 7.52. The maximum atomic E-state index is 12.8. The van der Waals surface area contributed by atoms with Crippen LogP contribution < -0.4 is 16.0 Å². The fourth-order valence-corrected chi connectivity index (χ4v) is 3.36. The standard InChI is InChI=1S/C20H28N4O3/c1-13-11-15(19(26)24-10-4-3-5-14(24)2)6-9-17(13)21-12-18(25)23-20(27)22-16-7-8-16/h6,9,11,14,16,21H,3-5,7-8,10,12H2,1-2H3,(H2,22,23,25,27). The summed E-state index contributed by atoms with van der Waals surface area (Å²) in [6, 6.07) is 5.49. The maximum Gasteiger partial charge on any atom is 0.321 e. The van der Waals surface area contributed by atoms with Crippen molar-refractivity contribution in [1.82, 2.24) is 15.5 Å². The van der Waals surface area contributed by atoms with Gasteiger partial charge in [-0.1, -0.05) is 0 Å². The summed E-state index contributed by atoms with van der Waals surface area (Å²) in [5, 5.41) is 8.04. The molecule has 7 nitrogen and oxygen atoms in total. The van der Waals surface area contributed by atoms with Crippen molar-refractivity contribution < 1.29 is 14.4 Å². The summed E-state index contributed by atoms with van der Waals surface area (Å²) in [6.07, 6.45) is 5.22. The fraction of sp³-hybridized carbons (Fsp3) is 0.550. The van der Waals surface area contributed by atoms with Gasteiger partial charge in [-0.05, 0) is 69.7 Å². The third-order valence-electron chi connectivity index (χ3n) is 5.14. The van der Waals surface area contributed by atoms with E-state index < -0.39 is 11.9 Å². The molecule has 0 bridgehead atoms. The van der Waals surface area contributed by atoms with Crippen LogP contribution >= 0.6 is 0 Å². The number of hydrogen-bond acceptors (Lipinski definition) is 4. The Balaban J connectivity index is 1.53. The van der Waals surface area contributed by atoms with Crippen molar-refractivity contribution in [2.45, 2.75) is 58.0 Å². The molecule has 146 valence electrons. The number of nitrogens with zero attached hydrogens (tertiary/aromatic N) is 1. The van der Waals surface area contributed by atoms with Gasteiger partial charge in [0.2, 0.25) is 5.91 Å². The van der Waals surface area contributed by atoms with Crippen LogP contribution in [0.2, 0.25) is 0 Å². The van der Waals surface area contributed by atoms with E-state index in [9.17, 15) is 14.4 Å². The van der Waals surface area contributed by atoms with Gasteiger partial charge in [0.05, 0.1) is 6.54 Å². The molecule has 1 saturated carbocycles. The van der Waals surface area contributed by atoms with Gasteiger partial charge in [-0.15, -0.1) is 0 Å². The number of rotatable bonds is 5. The van der Waals surface area contributed by atoms with Gasteiger partial charge < -0.3 is 15.5 Å². The molecule has 2 fully saturated rings. The lowest BCUT2D eigenvalue weighted by molar-refractivity contribution is -0.118. The second kappa shape index (κ2) is 8.41. The Kier molecular flexibility index (Phi) is 5.98. The number of amides is 4. The van der Waals surface area contributed by atoms with Crippen LogP contribution in [-0.4, -0.2) is 47.9 Å². The zero-order valence-electron chi connectivity index (χ0n) is 16.0. The van der Waals surface area contributed by atoms with Gasteiger partial charge in [-0.3, -0.25) is 14.9 Å². The second-order valence-corrected chi connectivity index (χ2v) is 7.52. The highest BCUT2D eigenvalue weighted by Crippen LogP contribution is 2.22. The molecule has 1 heterocycles. The van der Waals surface area contributed by atoms with E-state index in [0.717, 1.165) is 43.5 Å². The van der Waals surface area contributed by atoms with Crippen molar-refractivity contribution >= 4 is 23.5 Å². The van der Waals surface area contributed by atoms with Crippen molar-refractivity contribution in [3.63, 3.8) is 0 Å². The van der Waals surface area contributed by atoms with Gasteiger partial charge in [0.15, 0.2) is 0 Å². The molecule has 0 aromatic heterocycles.